The predicted octanol–water partition coefficient (Wildman–Crippen LogP) is 3.55. The maximum atomic E-state index is 6.13. The molecule has 2 rings (SSSR count). The van der Waals surface area contributed by atoms with E-state index in [4.69, 9.17) is 23.2 Å². The summed E-state index contributed by atoms with van der Waals surface area (Å²) in [5.41, 5.74) is 1.11. The van der Waals surface area contributed by atoms with Crippen LogP contribution in [0.2, 0.25) is 10.0 Å². The first kappa shape index (κ1) is 12.0. The van der Waals surface area contributed by atoms with Gasteiger partial charge in [-0.25, -0.2) is 0 Å². The zero-order valence-corrected chi connectivity index (χ0v) is 11.0. The summed E-state index contributed by atoms with van der Waals surface area (Å²) in [5.74, 6) is 0. The van der Waals surface area contributed by atoms with Gasteiger partial charge in [-0.3, -0.25) is 0 Å². The van der Waals surface area contributed by atoms with E-state index in [1.807, 2.05) is 12.1 Å². The maximum Gasteiger partial charge on any atom is 0.0823 e. The molecule has 4 heteroatoms. The van der Waals surface area contributed by atoms with Crippen molar-refractivity contribution in [3.63, 3.8) is 0 Å². The molecule has 1 aliphatic rings. The topological polar surface area (TPSA) is 24.1 Å². The second-order valence-electron chi connectivity index (χ2n) is 4.91. The number of halogens is 2. The fraction of sp³-hybridized carbons (Fsp3) is 0.500. The zero-order chi connectivity index (χ0) is 11.8. The Balaban J connectivity index is 2.08. The lowest BCUT2D eigenvalue weighted by molar-refractivity contribution is 0.457. The Morgan fingerprint density at radius 3 is 2.75 bits per heavy atom. The van der Waals surface area contributed by atoms with Crippen molar-refractivity contribution in [2.45, 2.75) is 31.8 Å². The van der Waals surface area contributed by atoms with Crippen molar-refractivity contribution in [3.05, 3.63) is 28.2 Å². The van der Waals surface area contributed by atoms with Crippen molar-refractivity contribution in [1.82, 2.24) is 5.32 Å². The van der Waals surface area contributed by atoms with E-state index in [-0.39, 0.29) is 5.54 Å². The summed E-state index contributed by atoms with van der Waals surface area (Å²) in [7, 11) is 0. The molecule has 1 aromatic rings. The lowest BCUT2D eigenvalue weighted by Crippen LogP contribution is -2.31. The van der Waals surface area contributed by atoms with Gasteiger partial charge >= 0.3 is 0 Å². The molecule has 0 spiro atoms. The van der Waals surface area contributed by atoms with Crippen LogP contribution in [0.25, 0.3) is 0 Å². The standard InChI is InChI=1S/C12H16Cl2N2/c1-12(2)6-8(7-15-12)16-10-5-3-4-9(13)11(10)14/h3-5,8,15-16H,6-7H2,1-2H3. The lowest BCUT2D eigenvalue weighted by atomic mass is 10.0. The van der Waals surface area contributed by atoms with E-state index in [9.17, 15) is 0 Å². The highest BCUT2D eigenvalue weighted by atomic mass is 35.5. The first-order valence-electron chi connectivity index (χ1n) is 5.43. The highest BCUT2D eigenvalue weighted by Gasteiger charge is 2.30. The van der Waals surface area contributed by atoms with Gasteiger partial charge in [-0.2, -0.15) is 0 Å². The van der Waals surface area contributed by atoms with Crippen molar-refractivity contribution < 1.29 is 0 Å². The Hall–Kier alpha value is -0.440. The predicted molar refractivity (Wildman–Crippen MR) is 70.6 cm³/mol. The minimum Gasteiger partial charge on any atom is -0.380 e. The van der Waals surface area contributed by atoms with Gasteiger partial charge in [0.25, 0.3) is 0 Å². The summed E-state index contributed by atoms with van der Waals surface area (Å²) in [5, 5.41) is 8.09. The first-order valence-corrected chi connectivity index (χ1v) is 6.19. The monoisotopic (exact) mass is 258 g/mol. The Morgan fingerprint density at radius 2 is 2.12 bits per heavy atom. The minimum atomic E-state index is 0.197. The fourth-order valence-corrected chi connectivity index (χ4v) is 2.45. The number of rotatable bonds is 2. The van der Waals surface area contributed by atoms with E-state index >= 15 is 0 Å². The zero-order valence-electron chi connectivity index (χ0n) is 9.48. The van der Waals surface area contributed by atoms with E-state index in [2.05, 4.69) is 24.5 Å². The first-order chi connectivity index (χ1) is 7.48. The van der Waals surface area contributed by atoms with Gasteiger partial charge < -0.3 is 10.6 Å². The molecule has 1 aromatic carbocycles. The largest absolute Gasteiger partial charge is 0.380 e. The molecule has 0 aromatic heterocycles. The Kier molecular flexibility index (Phi) is 3.34. The molecule has 88 valence electrons. The molecule has 2 N–H and O–H groups in total. The second-order valence-corrected chi connectivity index (χ2v) is 5.70. The summed E-state index contributed by atoms with van der Waals surface area (Å²) in [6.07, 6.45) is 1.08. The van der Waals surface area contributed by atoms with E-state index in [1.165, 1.54) is 0 Å². The van der Waals surface area contributed by atoms with Crippen LogP contribution in [0.3, 0.4) is 0 Å². The summed E-state index contributed by atoms with van der Waals surface area (Å²) in [4.78, 5) is 0. The molecule has 1 unspecified atom stereocenters. The molecule has 0 aliphatic carbocycles. The number of nitrogens with one attached hydrogen (secondary N) is 2. The van der Waals surface area contributed by atoms with Crippen LogP contribution in [-0.4, -0.2) is 18.1 Å². The summed E-state index contributed by atoms with van der Waals surface area (Å²) in [6.45, 7) is 5.36. The average molecular weight is 259 g/mol. The van der Waals surface area contributed by atoms with Crippen LogP contribution >= 0.6 is 23.2 Å². The molecule has 0 amide bonds. The third kappa shape index (κ3) is 2.62. The summed E-state index contributed by atoms with van der Waals surface area (Å²) in [6, 6.07) is 6.07. The number of anilines is 1. The SMILES string of the molecule is CC1(C)CC(Nc2cccc(Cl)c2Cl)CN1. The van der Waals surface area contributed by atoms with E-state index in [0.717, 1.165) is 18.7 Å². The highest BCUT2D eigenvalue weighted by Crippen LogP contribution is 2.31. The quantitative estimate of drug-likeness (QED) is 0.848. The highest BCUT2D eigenvalue weighted by molar-refractivity contribution is 6.43. The molecule has 0 saturated carbocycles. The third-order valence-electron chi connectivity index (χ3n) is 2.89. The molecular weight excluding hydrogens is 243 g/mol. The number of benzene rings is 1. The van der Waals surface area contributed by atoms with Crippen molar-refractivity contribution in [1.29, 1.82) is 0 Å². The molecule has 1 aliphatic heterocycles. The Morgan fingerprint density at radius 1 is 1.38 bits per heavy atom. The molecule has 1 atom stereocenters. The third-order valence-corrected chi connectivity index (χ3v) is 3.71. The average Bonchev–Trinajstić information content (AvgIpc) is 2.53. The van der Waals surface area contributed by atoms with Crippen LogP contribution in [0.5, 0.6) is 0 Å². The lowest BCUT2D eigenvalue weighted by Gasteiger charge is -2.18. The van der Waals surface area contributed by atoms with Crippen LogP contribution in [-0.2, 0) is 0 Å². The molecule has 1 heterocycles. The minimum absolute atomic E-state index is 0.197. The van der Waals surface area contributed by atoms with Crippen LogP contribution < -0.4 is 10.6 Å². The molecular formula is C12H16Cl2N2. The van der Waals surface area contributed by atoms with Gasteiger partial charge in [0.1, 0.15) is 0 Å². The van der Waals surface area contributed by atoms with Gasteiger partial charge in [0, 0.05) is 18.1 Å². The van der Waals surface area contributed by atoms with Crippen molar-refractivity contribution in [3.8, 4) is 0 Å². The van der Waals surface area contributed by atoms with Crippen LogP contribution in [0.1, 0.15) is 20.3 Å². The molecule has 0 radical (unpaired) electrons. The van der Waals surface area contributed by atoms with Gasteiger partial charge in [-0.05, 0) is 32.4 Å². The van der Waals surface area contributed by atoms with Gasteiger partial charge in [0.2, 0.25) is 0 Å². The van der Waals surface area contributed by atoms with Crippen LogP contribution in [0.4, 0.5) is 5.69 Å². The molecule has 1 fully saturated rings. The van der Waals surface area contributed by atoms with Gasteiger partial charge in [-0.15, -0.1) is 0 Å². The van der Waals surface area contributed by atoms with Gasteiger partial charge in [-0.1, -0.05) is 29.3 Å². The molecule has 2 nitrogen and oxygen atoms in total. The van der Waals surface area contributed by atoms with E-state index in [1.54, 1.807) is 6.07 Å². The Bertz CT molecular complexity index is 391. The van der Waals surface area contributed by atoms with Gasteiger partial charge in [0.05, 0.1) is 15.7 Å². The number of hydrogen-bond donors (Lipinski definition) is 2. The van der Waals surface area contributed by atoms with E-state index in [0.29, 0.717) is 16.1 Å². The van der Waals surface area contributed by atoms with Crippen molar-refractivity contribution in [2.24, 2.45) is 0 Å². The van der Waals surface area contributed by atoms with E-state index < -0.39 is 0 Å². The fourth-order valence-electron chi connectivity index (χ4n) is 2.10. The van der Waals surface area contributed by atoms with Crippen molar-refractivity contribution >= 4 is 28.9 Å². The van der Waals surface area contributed by atoms with Gasteiger partial charge in [0.15, 0.2) is 0 Å². The molecule has 1 saturated heterocycles. The molecule has 16 heavy (non-hydrogen) atoms. The maximum absolute atomic E-state index is 6.13. The smallest absolute Gasteiger partial charge is 0.0823 e. The second kappa shape index (κ2) is 4.44. The molecule has 0 bridgehead atoms. The van der Waals surface area contributed by atoms with Crippen LogP contribution in [0, 0.1) is 0 Å². The van der Waals surface area contributed by atoms with Crippen molar-refractivity contribution in [2.75, 3.05) is 11.9 Å². The normalized spacial score (nSPS) is 23.4. The number of hydrogen-bond acceptors (Lipinski definition) is 2. The summed E-state index contributed by atoms with van der Waals surface area (Å²) >= 11 is 12.1. The van der Waals surface area contributed by atoms with Crippen LogP contribution in [0.15, 0.2) is 18.2 Å². The Labute approximate surface area is 106 Å². The summed E-state index contributed by atoms with van der Waals surface area (Å²) < 4.78 is 0.